The number of fused-ring (bicyclic) bond motifs is 1. The zero-order chi connectivity index (χ0) is 13.1. The van der Waals surface area contributed by atoms with Crippen LogP contribution >= 0.6 is 0 Å². The Morgan fingerprint density at radius 2 is 2.11 bits per heavy atom. The molecule has 0 radical (unpaired) electrons. The highest BCUT2D eigenvalue weighted by atomic mass is 16.3. The van der Waals surface area contributed by atoms with Gasteiger partial charge in [-0.1, -0.05) is 30.7 Å². The second-order valence-corrected chi connectivity index (χ2v) is 5.86. The van der Waals surface area contributed by atoms with E-state index in [1.807, 2.05) is 0 Å². The highest BCUT2D eigenvalue weighted by molar-refractivity contribution is 5.31. The van der Waals surface area contributed by atoms with Gasteiger partial charge in [0.1, 0.15) is 0 Å². The van der Waals surface area contributed by atoms with Crippen LogP contribution in [0.1, 0.15) is 42.9 Å². The number of benzene rings is 1. The third kappa shape index (κ3) is 2.83. The summed E-state index contributed by atoms with van der Waals surface area (Å²) in [5.41, 5.74) is 2.85. The lowest BCUT2D eigenvalue weighted by molar-refractivity contribution is 0.198. The van der Waals surface area contributed by atoms with Crippen LogP contribution in [0.4, 0.5) is 0 Å². The van der Waals surface area contributed by atoms with Crippen molar-refractivity contribution >= 4 is 0 Å². The number of rotatable bonds is 3. The van der Waals surface area contributed by atoms with Crippen molar-refractivity contribution in [1.29, 1.82) is 0 Å². The summed E-state index contributed by atoms with van der Waals surface area (Å²) in [5, 5.41) is 16.8. The first-order chi connectivity index (χ1) is 9.38. The Bertz CT molecular complexity index is 421. The minimum absolute atomic E-state index is 0.324. The van der Waals surface area contributed by atoms with Gasteiger partial charge in [-0.25, -0.2) is 0 Å². The number of aliphatic hydroxyl groups is 1. The maximum Gasteiger partial charge on any atom is 0.0474 e. The zero-order valence-corrected chi connectivity index (χ0v) is 11.4. The van der Waals surface area contributed by atoms with Crippen LogP contribution in [0.3, 0.4) is 0 Å². The molecule has 1 aliphatic heterocycles. The molecule has 3 rings (SSSR count). The molecule has 3 N–H and O–H groups in total. The molecule has 19 heavy (non-hydrogen) atoms. The topological polar surface area (TPSA) is 44.3 Å². The van der Waals surface area contributed by atoms with Gasteiger partial charge in [0.2, 0.25) is 0 Å². The molecule has 1 aromatic carbocycles. The zero-order valence-electron chi connectivity index (χ0n) is 11.4. The van der Waals surface area contributed by atoms with Crippen LogP contribution in [0.2, 0.25) is 0 Å². The molecule has 0 amide bonds. The standard InChI is InChI=1S/C16H24N2O/c19-11-13-5-3-7-15(13)18-16-8-9-17-10-12-4-1-2-6-14(12)16/h1-2,4,6,13,15-19H,3,5,7-11H2. The van der Waals surface area contributed by atoms with Gasteiger partial charge in [-0.15, -0.1) is 0 Å². The highest BCUT2D eigenvalue weighted by Crippen LogP contribution is 2.30. The fraction of sp³-hybridized carbons (Fsp3) is 0.625. The summed E-state index contributed by atoms with van der Waals surface area (Å²) < 4.78 is 0. The van der Waals surface area contributed by atoms with Gasteiger partial charge in [0.05, 0.1) is 0 Å². The van der Waals surface area contributed by atoms with E-state index in [1.165, 1.54) is 30.4 Å². The van der Waals surface area contributed by atoms with Gasteiger partial charge < -0.3 is 15.7 Å². The Hall–Kier alpha value is -0.900. The van der Waals surface area contributed by atoms with Crippen LogP contribution in [0.15, 0.2) is 24.3 Å². The average molecular weight is 260 g/mol. The van der Waals surface area contributed by atoms with Gasteiger partial charge in [0.25, 0.3) is 0 Å². The minimum atomic E-state index is 0.324. The van der Waals surface area contributed by atoms with E-state index < -0.39 is 0 Å². The molecule has 3 nitrogen and oxygen atoms in total. The van der Waals surface area contributed by atoms with Crippen LogP contribution in [0.25, 0.3) is 0 Å². The van der Waals surface area contributed by atoms with Crippen LogP contribution in [0, 0.1) is 5.92 Å². The third-order valence-electron chi connectivity index (χ3n) is 4.66. The van der Waals surface area contributed by atoms with Crippen LogP contribution in [0.5, 0.6) is 0 Å². The molecule has 1 aromatic rings. The van der Waals surface area contributed by atoms with E-state index in [2.05, 4.69) is 34.9 Å². The van der Waals surface area contributed by atoms with Crippen molar-refractivity contribution in [1.82, 2.24) is 10.6 Å². The molecular weight excluding hydrogens is 236 g/mol. The highest BCUT2D eigenvalue weighted by Gasteiger charge is 2.29. The van der Waals surface area contributed by atoms with E-state index in [0.717, 1.165) is 19.5 Å². The molecule has 3 heteroatoms. The van der Waals surface area contributed by atoms with Gasteiger partial charge in [-0.3, -0.25) is 0 Å². The number of hydrogen-bond donors (Lipinski definition) is 3. The molecule has 1 saturated carbocycles. The van der Waals surface area contributed by atoms with Crippen molar-refractivity contribution in [3.8, 4) is 0 Å². The van der Waals surface area contributed by atoms with E-state index in [1.54, 1.807) is 0 Å². The Kier molecular flexibility index (Phi) is 4.16. The maximum absolute atomic E-state index is 9.46. The van der Waals surface area contributed by atoms with Crippen LogP contribution in [-0.2, 0) is 6.54 Å². The maximum atomic E-state index is 9.46. The van der Waals surface area contributed by atoms with Crippen LogP contribution < -0.4 is 10.6 Å². The lowest BCUT2D eigenvalue weighted by atomic mass is 9.96. The molecule has 0 bridgehead atoms. The Morgan fingerprint density at radius 3 is 3.00 bits per heavy atom. The second kappa shape index (κ2) is 6.04. The lowest BCUT2D eigenvalue weighted by Gasteiger charge is -2.26. The summed E-state index contributed by atoms with van der Waals surface area (Å²) >= 11 is 0. The molecule has 0 spiro atoms. The minimum Gasteiger partial charge on any atom is -0.396 e. The van der Waals surface area contributed by atoms with Crippen molar-refractivity contribution in [2.75, 3.05) is 13.2 Å². The molecule has 0 saturated heterocycles. The first-order valence-electron chi connectivity index (χ1n) is 7.54. The van der Waals surface area contributed by atoms with Crippen LogP contribution in [-0.4, -0.2) is 24.3 Å². The molecule has 1 heterocycles. The summed E-state index contributed by atoms with van der Waals surface area (Å²) in [5.74, 6) is 0.448. The summed E-state index contributed by atoms with van der Waals surface area (Å²) in [4.78, 5) is 0. The number of nitrogens with one attached hydrogen (secondary N) is 2. The smallest absolute Gasteiger partial charge is 0.0474 e. The Balaban J connectivity index is 1.77. The predicted octanol–water partition coefficient (Wildman–Crippen LogP) is 1.97. The molecule has 3 unspecified atom stereocenters. The van der Waals surface area contributed by atoms with Crippen molar-refractivity contribution in [2.24, 2.45) is 5.92 Å². The third-order valence-corrected chi connectivity index (χ3v) is 4.66. The Labute approximate surface area is 115 Å². The van der Waals surface area contributed by atoms with E-state index in [-0.39, 0.29) is 0 Å². The van der Waals surface area contributed by atoms with Gasteiger partial charge in [0.15, 0.2) is 0 Å². The molecule has 1 fully saturated rings. The van der Waals surface area contributed by atoms with Crippen molar-refractivity contribution in [3.05, 3.63) is 35.4 Å². The van der Waals surface area contributed by atoms with E-state index in [0.29, 0.717) is 24.6 Å². The first-order valence-corrected chi connectivity index (χ1v) is 7.54. The van der Waals surface area contributed by atoms with Crippen molar-refractivity contribution in [3.63, 3.8) is 0 Å². The lowest BCUT2D eigenvalue weighted by Crippen LogP contribution is -2.37. The average Bonchev–Trinajstić information content (AvgIpc) is 2.80. The Morgan fingerprint density at radius 1 is 1.21 bits per heavy atom. The largest absolute Gasteiger partial charge is 0.396 e. The van der Waals surface area contributed by atoms with Crippen molar-refractivity contribution in [2.45, 2.75) is 44.3 Å². The van der Waals surface area contributed by atoms with Gasteiger partial charge in [0, 0.05) is 25.2 Å². The summed E-state index contributed by atoms with van der Waals surface area (Å²) in [7, 11) is 0. The summed E-state index contributed by atoms with van der Waals surface area (Å²) in [6.45, 7) is 2.36. The van der Waals surface area contributed by atoms with Gasteiger partial charge in [-0.05, 0) is 42.9 Å². The predicted molar refractivity (Wildman–Crippen MR) is 76.9 cm³/mol. The molecular formula is C16H24N2O. The summed E-state index contributed by atoms with van der Waals surface area (Å²) in [6, 6.07) is 9.65. The molecule has 0 aromatic heterocycles. The van der Waals surface area contributed by atoms with Gasteiger partial charge in [-0.2, -0.15) is 0 Å². The SMILES string of the molecule is OCC1CCCC1NC1CCNCc2ccccc21. The monoisotopic (exact) mass is 260 g/mol. The quantitative estimate of drug-likeness (QED) is 0.778. The fourth-order valence-corrected chi connectivity index (χ4v) is 3.57. The number of hydrogen-bond acceptors (Lipinski definition) is 3. The number of aliphatic hydroxyl groups excluding tert-OH is 1. The molecule has 3 atom stereocenters. The summed E-state index contributed by atoms with van der Waals surface area (Å²) in [6.07, 6.45) is 4.75. The van der Waals surface area contributed by atoms with E-state index >= 15 is 0 Å². The van der Waals surface area contributed by atoms with Crippen molar-refractivity contribution < 1.29 is 5.11 Å². The molecule has 2 aliphatic rings. The molecule has 104 valence electrons. The normalized spacial score (nSPS) is 30.9. The van der Waals surface area contributed by atoms with E-state index in [4.69, 9.17) is 0 Å². The second-order valence-electron chi connectivity index (χ2n) is 5.86. The fourth-order valence-electron chi connectivity index (χ4n) is 3.57. The van der Waals surface area contributed by atoms with E-state index in [9.17, 15) is 5.11 Å². The molecule has 1 aliphatic carbocycles. The first kappa shape index (κ1) is 13.1. The van der Waals surface area contributed by atoms with Gasteiger partial charge >= 0.3 is 0 Å².